The first-order valence-corrected chi connectivity index (χ1v) is 7.08. The molecule has 7 heteroatoms. The molecule has 0 aliphatic carbocycles. The summed E-state index contributed by atoms with van der Waals surface area (Å²) in [5, 5.41) is 0. The Bertz CT molecular complexity index is 186. The predicted molar refractivity (Wildman–Crippen MR) is 78.0 cm³/mol. The minimum absolute atomic E-state index is 0.174. The summed E-state index contributed by atoms with van der Waals surface area (Å²) in [5.74, 6) is 0. The molecule has 0 saturated carbocycles. The third-order valence-corrected chi connectivity index (χ3v) is 2.67. The van der Waals surface area contributed by atoms with Gasteiger partial charge >= 0.3 is 0 Å². The van der Waals surface area contributed by atoms with E-state index in [1.165, 1.54) is 0 Å². The molecule has 0 amide bonds. The normalized spacial score (nSPS) is 11.1. The number of halogens is 1. The summed E-state index contributed by atoms with van der Waals surface area (Å²) in [7, 11) is 2.00. The molecule has 0 spiro atoms. The minimum atomic E-state index is 0.174. The summed E-state index contributed by atoms with van der Waals surface area (Å²) in [6.07, 6.45) is 0.761. The minimum Gasteiger partial charge on any atom is -0.378 e. The second-order valence-electron chi connectivity index (χ2n) is 3.65. The quantitative estimate of drug-likeness (QED) is 0.202. The zero-order chi connectivity index (χ0) is 13.5. The SMILES string of the molecule is CN(CCOCC=O)CCOCCOCCNI. The standard InChI is InChI=1S/C11H23IN2O4/c1-14(3-7-17-9-5-15)4-8-18-11-10-16-6-2-13-12/h5,13H,2-4,6-11H2,1H3. The summed E-state index contributed by atoms with van der Waals surface area (Å²) in [4.78, 5) is 12.1. The lowest BCUT2D eigenvalue weighted by Crippen LogP contribution is -2.27. The predicted octanol–water partition coefficient (Wildman–Crippen LogP) is 0.107. The van der Waals surface area contributed by atoms with Gasteiger partial charge in [-0.05, 0) is 7.05 Å². The molecule has 0 aromatic carbocycles. The number of hydrogen-bond donors (Lipinski definition) is 1. The van der Waals surface area contributed by atoms with Crippen molar-refractivity contribution in [2.24, 2.45) is 0 Å². The van der Waals surface area contributed by atoms with Gasteiger partial charge in [0.05, 0.1) is 33.0 Å². The van der Waals surface area contributed by atoms with Crippen molar-refractivity contribution in [2.75, 3.05) is 66.3 Å². The van der Waals surface area contributed by atoms with Gasteiger partial charge in [0, 0.05) is 42.5 Å². The van der Waals surface area contributed by atoms with E-state index in [1.807, 2.05) is 7.05 Å². The fourth-order valence-corrected chi connectivity index (χ4v) is 1.34. The van der Waals surface area contributed by atoms with Gasteiger partial charge < -0.3 is 23.9 Å². The molecular formula is C11H23IN2O4. The van der Waals surface area contributed by atoms with Crippen molar-refractivity contribution in [2.45, 2.75) is 0 Å². The molecule has 108 valence electrons. The number of nitrogens with one attached hydrogen (secondary N) is 1. The number of carbonyl (C=O) groups excluding carboxylic acids is 1. The lowest BCUT2D eigenvalue weighted by Gasteiger charge is -2.16. The monoisotopic (exact) mass is 374 g/mol. The van der Waals surface area contributed by atoms with Crippen LogP contribution in [0.1, 0.15) is 0 Å². The summed E-state index contributed by atoms with van der Waals surface area (Å²) in [5.41, 5.74) is 0. The van der Waals surface area contributed by atoms with E-state index in [0.717, 1.165) is 25.9 Å². The molecule has 0 aliphatic rings. The molecule has 0 aliphatic heterocycles. The molecular weight excluding hydrogens is 351 g/mol. The second-order valence-corrected chi connectivity index (χ2v) is 4.42. The fourth-order valence-electron chi connectivity index (χ4n) is 1.12. The highest BCUT2D eigenvalue weighted by Crippen LogP contribution is 1.85. The van der Waals surface area contributed by atoms with Crippen LogP contribution in [0, 0.1) is 0 Å². The number of ether oxygens (including phenoxy) is 3. The molecule has 0 unspecified atom stereocenters. The number of likely N-dealkylation sites (N-methyl/N-ethyl adjacent to an activating group) is 1. The molecule has 1 N–H and O–H groups in total. The van der Waals surface area contributed by atoms with Gasteiger partial charge in [0.1, 0.15) is 12.9 Å². The second kappa shape index (κ2) is 15.3. The summed E-state index contributed by atoms with van der Waals surface area (Å²) in [6.45, 7) is 5.88. The van der Waals surface area contributed by atoms with Gasteiger partial charge in [-0.3, -0.25) is 3.53 Å². The van der Waals surface area contributed by atoms with Crippen molar-refractivity contribution in [3.63, 3.8) is 0 Å². The van der Waals surface area contributed by atoms with Crippen LogP contribution in [-0.4, -0.2) is 77.5 Å². The van der Waals surface area contributed by atoms with Gasteiger partial charge in [-0.15, -0.1) is 0 Å². The lowest BCUT2D eigenvalue weighted by molar-refractivity contribution is -0.112. The summed E-state index contributed by atoms with van der Waals surface area (Å²) in [6, 6.07) is 0. The average Bonchev–Trinajstić information content (AvgIpc) is 2.38. The lowest BCUT2D eigenvalue weighted by atomic mass is 10.5. The van der Waals surface area contributed by atoms with Crippen molar-refractivity contribution < 1.29 is 19.0 Å². The first-order valence-electron chi connectivity index (χ1n) is 6.00. The van der Waals surface area contributed by atoms with E-state index in [-0.39, 0.29) is 6.61 Å². The van der Waals surface area contributed by atoms with Crippen LogP contribution < -0.4 is 3.53 Å². The Morgan fingerprint density at radius 1 is 1.06 bits per heavy atom. The van der Waals surface area contributed by atoms with Crippen LogP contribution in [0.5, 0.6) is 0 Å². The van der Waals surface area contributed by atoms with E-state index in [4.69, 9.17) is 14.2 Å². The van der Waals surface area contributed by atoms with Crippen molar-refractivity contribution in [1.82, 2.24) is 8.43 Å². The van der Waals surface area contributed by atoms with E-state index in [9.17, 15) is 4.79 Å². The Hall–Kier alpha value is 0.200. The molecule has 0 saturated heterocycles. The van der Waals surface area contributed by atoms with Crippen molar-refractivity contribution >= 4 is 29.2 Å². The van der Waals surface area contributed by atoms with Gasteiger partial charge in [-0.25, -0.2) is 0 Å². The maximum atomic E-state index is 10.0. The number of aldehydes is 1. The first kappa shape index (κ1) is 18.2. The molecule has 0 fully saturated rings. The Balaban J connectivity index is 3.10. The smallest absolute Gasteiger partial charge is 0.145 e. The van der Waals surface area contributed by atoms with E-state index >= 15 is 0 Å². The fraction of sp³-hybridized carbons (Fsp3) is 0.909. The van der Waals surface area contributed by atoms with Crippen LogP contribution in [0.15, 0.2) is 0 Å². The third-order valence-electron chi connectivity index (χ3n) is 2.13. The molecule has 0 radical (unpaired) electrons. The van der Waals surface area contributed by atoms with Crippen LogP contribution in [0.2, 0.25) is 0 Å². The number of carbonyl (C=O) groups is 1. The largest absolute Gasteiger partial charge is 0.378 e. The maximum absolute atomic E-state index is 10.0. The number of rotatable bonds is 14. The van der Waals surface area contributed by atoms with Crippen LogP contribution in [0.3, 0.4) is 0 Å². The van der Waals surface area contributed by atoms with Crippen LogP contribution >= 0.6 is 22.9 Å². The van der Waals surface area contributed by atoms with Crippen LogP contribution in [0.25, 0.3) is 0 Å². The summed E-state index contributed by atoms with van der Waals surface area (Å²) < 4.78 is 18.8. The van der Waals surface area contributed by atoms with Crippen molar-refractivity contribution in [1.29, 1.82) is 0 Å². The topological polar surface area (TPSA) is 60.0 Å². The van der Waals surface area contributed by atoms with E-state index in [2.05, 4.69) is 31.3 Å². The van der Waals surface area contributed by atoms with E-state index < -0.39 is 0 Å². The van der Waals surface area contributed by atoms with E-state index in [0.29, 0.717) is 33.0 Å². The summed E-state index contributed by atoms with van der Waals surface area (Å²) >= 11 is 2.09. The van der Waals surface area contributed by atoms with Crippen molar-refractivity contribution in [3.05, 3.63) is 0 Å². The molecule has 0 rings (SSSR count). The molecule has 0 heterocycles. The van der Waals surface area contributed by atoms with Gasteiger partial charge in [0.15, 0.2) is 0 Å². The number of nitrogens with zero attached hydrogens (tertiary/aromatic N) is 1. The molecule has 0 aromatic heterocycles. The zero-order valence-corrected chi connectivity index (χ0v) is 13.1. The number of hydrogen-bond acceptors (Lipinski definition) is 6. The Morgan fingerprint density at radius 2 is 1.67 bits per heavy atom. The van der Waals surface area contributed by atoms with Gasteiger partial charge in [0.2, 0.25) is 0 Å². The van der Waals surface area contributed by atoms with Crippen molar-refractivity contribution in [3.8, 4) is 0 Å². The Morgan fingerprint density at radius 3 is 2.28 bits per heavy atom. The van der Waals surface area contributed by atoms with Crippen LogP contribution in [-0.2, 0) is 19.0 Å². The highest BCUT2D eigenvalue weighted by molar-refractivity contribution is 14.1. The van der Waals surface area contributed by atoms with E-state index in [1.54, 1.807) is 0 Å². The van der Waals surface area contributed by atoms with Crippen LogP contribution in [0.4, 0.5) is 0 Å². The maximum Gasteiger partial charge on any atom is 0.145 e. The molecule has 6 nitrogen and oxygen atoms in total. The Kier molecular flexibility index (Phi) is 15.4. The highest BCUT2D eigenvalue weighted by atomic mass is 127. The third kappa shape index (κ3) is 14.3. The Labute approximate surface area is 123 Å². The van der Waals surface area contributed by atoms with Gasteiger partial charge in [-0.1, -0.05) is 0 Å². The zero-order valence-electron chi connectivity index (χ0n) is 10.9. The molecule has 0 aromatic rings. The molecule has 0 bridgehead atoms. The first-order chi connectivity index (χ1) is 8.81. The average molecular weight is 374 g/mol. The van der Waals surface area contributed by atoms with Gasteiger partial charge in [-0.2, -0.15) is 0 Å². The molecule has 18 heavy (non-hydrogen) atoms. The molecule has 0 atom stereocenters. The van der Waals surface area contributed by atoms with Gasteiger partial charge in [0.25, 0.3) is 0 Å². The highest BCUT2D eigenvalue weighted by Gasteiger charge is 1.98.